The Labute approximate surface area is 129 Å². The van der Waals surface area contributed by atoms with Crippen LogP contribution < -0.4 is 4.74 Å². The molecule has 0 aliphatic rings. The molecule has 0 saturated heterocycles. The van der Waals surface area contributed by atoms with Gasteiger partial charge < -0.3 is 9.47 Å². The van der Waals surface area contributed by atoms with E-state index >= 15 is 0 Å². The summed E-state index contributed by atoms with van der Waals surface area (Å²) in [7, 11) is 0. The molecule has 2 aromatic rings. The highest BCUT2D eigenvalue weighted by Crippen LogP contribution is 2.29. The first-order chi connectivity index (χ1) is 10.7. The molecule has 0 saturated carbocycles. The van der Waals surface area contributed by atoms with Gasteiger partial charge in [-0.25, -0.2) is 0 Å². The Morgan fingerprint density at radius 2 is 1.50 bits per heavy atom. The van der Waals surface area contributed by atoms with Gasteiger partial charge in [-0.3, -0.25) is 9.59 Å². The van der Waals surface area contributed by atoms with Crippen molar-refractivity contribution in [3.8, 4) is 16.9 Å². The van der Waals surface area contributed by atoms with Gasteiger partial charge in [0.2, 0.25) is 0 Å². The van der Waals surface area contributed by atoms with Crippen molar-refractivity contribution in [2.45, 2.75) is 19.8 Å². The normalized spacial score (nSPS) is 10.0. The van der Waals surface area contributed by atoms with Crippen LogP contribution in [-0.4, -0.2) is 18.5 Å². The number of para-hydroxylation sites is 1. The summed E-state index contributed by atoms with van der Waals surface area (Å²) in [5.74, 6) is -0.352. The zero-order chi connectivity index (χ0) is 15.8. The van der Waals surface area contributed by atoms with E-state index in [1.54, 1.807) is 19.1 Å². The van der Waals surface area contributed by atoms with Gasteiger partial charge in [0.15, 0.2) is 0 Å². The van der Waals surface area contributed by atoms with Crippen molar-refractivity contribution in [1.29, 1.82) is 0 Å². The summed E-state index contributed by atoms with van der Waals surface area (Å²) in [4.78, 5) is 23.1. The fourth-order valence-electron chi connectivity index (χ4n) is 2.02. The van der Waals surface area contributed by atoms with Crippen molar-refractivity contribution >= 4 is 11.9 Å². The first kappa shape index (κ1) is 15.8. The number of hydrogen-bond donors (Lipinski definition) is 0. The monoisotopic (exact) mass is 298 g/mol. The second-order valence-corrected chi connectivity index (χ2v) is 4.64. The molecule has 2 aromatic carbocycles. The van der Waals surface area contributed by atoms with Gasteiger partial charge >= 0.3 is 11.9 Å². The van der Waals surface area contributed by atoms with Gasteiger partial charge in [0, 0.05) is 5.56 Å². The number of ether oxygens (including phenoxy) is 2. The minimum absolute atomic E-state index is 0.00194. The third-order valence-electron chi connectivity index (χ3n) is 3.03. The van der Waals surface area contributed by atoms with Crippen molar-refractivity contribution in [1.82, 2.24) is 0 Å². The molecule has 0 atom stereocenters. The summed E-state index contributed by atoms with van der Waals surface area (Å²) in [6.07, 6.45) is 0.0299. The van der Waals surface area contributed by atoms with E-state index in [2.05, 4.69) is 0 Å². The molecule has 4 heteroatoms. The number of benzene rings is 2. The number of carbonyl (C=O) groups is 2. The molecular weight excluding hydrogens is 280 g/mol. The highest BCUT2D eigenvalue weighted by molar-refractivity contribution is 5.81. The molecule has 0 bridgehead atoms. The molecule has 0 aliphatic carbocycles. The quantitative estimate of drug-likeness (QED) is 0.604. The van der Waals surface area contributed by atoms with Gasteiger partial charge in [0.05, 0.1) is 19.4 Å². The molecular formula is C18H18O4. The number of esters is 2. The van der Waals surface area contributed by atoms with E-state index in [1.807, 2.05) is 42.5 Å². The van der Waals surface area contributed by atoms with Crippen LogP contribution in [-0.2, 0) is 14.3 Å². The highest BCUT2D eigenvalue weighted by Gasteiger charge is 2.12. The maximum Gasteiger partial charge on any atom is 0.311 e. The van der Waals surface area contributed by atoms with Crippen LogP contribution in [0.25, 0.3) is 11.1 Å². The molecule has 0 N–H and O–H groups in total. The lowest BCUT2D eigenvalue weighted by atomic mass is 10.1. The van der Waals surface area contributed by atoms with Crippen LogP contribution in [0.2, 0.25) is 0 Å². The number of rotatable bonds is 6. The third kappa shape index (κ3) is 4.45. The second-order valence-electron chi connectivity index (χ2n) is 4.64. The van der Waals surface area contributed by atoms with Crippen LogP contribution in [0.1, 0.15) is 19.8 Å². The zero-order valence-corrected chi connectivity index (χ0v) is 12.5. The minimum Gasteiger partial charge on any atom is -0.466 e. The molecule has 114 valence electrons. The summed E-state index contributed by atoms with van der Waals surface area (Å²) >= 11 is 0. The number of hydrogen-bond acceptors (Lipinski definition) is 4. The van der Waals surface area contributed by atoms with Crippen LogP contribution in [0.4, 0.5) is 0 Å². The van der Waals surface area contributed by atoms with Crippen LogP contribution in [0.3, 0.4) is 0 Å². The maximum atomic E-state index is 11.9. The molecule has 0 unspecified atom stereocenters. The predicted molar refractivity (Wildman–Crippen MR) is 83.4 cm³/mol. The largest absolute Gasteiger partial charge is 0.466 e. The zero-order valence-electron chi connectivity index (χ0n) is 12.5. The molecule has 2 rings (SSSR count). The molecule has 0 fully saturated rings. The highest BCUT2D eigenvalue weighted by atomic mass is 16.5. The van der Waals surface area contributed by atoms with Gasteiger partial charge in [-0.15, -0.1) is 0 Å². The van der Waals surface area contributed by atoms with Crippen molar-refractivity contribution in [3.63, 3.8) is 0 Å². The van der Waals surface area contributed by atoms with E-state index in [1.165, 1.54) is 0 Å². The fraction of sp³-hybridized carbons (Fsp3) is 0.222. The summed E-state index contributed by atoms with van der Waals surface area (Å²) in [6, 6.07) is 17.0. The maximum absolute atomic E-state index is 11.9. The standard InChI is InChI=1S/C18H18O4/c1-2-21-17(19)12-13-18(20)22-16-11-7-6-10-15(16)14-8-4-3-5-9-14/h3-11H,2,12-13H2,1H3. The topological polar surface area (TPSA) is 52.6 Å². The Balaban J connectivity index is 2.04. The molecule has 0 spiro atoms. The average Bonchev–Trinajstić information content (AvgIpc) is 2.55. The Bertz CT molecular complexity index is 635. The number of carbonyl (C=O) groups excluding carboxylic acids is 2. The lowest BCUT2D eigenvalue weighted by Crippen LogP contribution is -2.12. The molecule has 0 heterocycles. The molecule has 0 aliphatic heterocycles. The van der Waals surface area contributed by atoms with E-state index < -0.39 is 11.9 Å². The molecule has 0 amide bonds. The van der Waals surface area contributed by atoms with Crippen molar-refractivity contribution in [2.75, 3.05) is 6.61 Å². The Morgan fingerprint density at radius 1 is 0.864 bits per heavy atom. The van der Waals surface area contributed by atoms with Crippen LogP contribution in [0.5, 0.6) is 5.75 Å². The molecule has 0 aromatic heterocycles. The SMILES string of the molecule is CCOC(=O)CCC(=O)Oc1ccccc1-c1ccccc1. The van der Waals surface area contributed by atoms with Crippen LogP contribution >= 0.6 is 0 Å². The van der Waals surface area contributed by atoms with Crippen molar-refractivity contribution in [2.24, 2.45) is 0 Å². The van der Waals surface area contributed by atoms with Crippen LogP contribution in [0.15, 0.2) is 54.6 Å². The lowest BCUT2D eigenvalue weighted by molar-refractivity contribution is -0.146. The van der Waals surface area contributed by atoms with Gasteiger partial charge in [-0.2, -0.15) is 0 Å². The van der Waals surface area contributed by atoms with Gasteiger partial charge in [0.25, 0.3) is 0 Å². The van der Waals surface area contributed by atoms with Gasteiger partial charge in [0.1, 0.15) is 5.75 Å². The van der Waals surface area contributed by atoms with E-state index in [-0.39, 0.29) is 12.8 Å². The van der Waals surface area contributed by atoms with Crippen molar-refractivity contribution in [3.05, 3.63) is 54.6 Å². The average molecular weight is 298 g/mol. The van der Waals surface area contributed by atoms with Gasteiger partial charge in [-0.1, -0.05) is 48.5 Å². The first-order valence-corrected chi connectivity index (χ1v) is 7.21. The Kier molecular flexibility index (Phi) is 5.72. The second kappa shape index (κ2) is 7.98. The fourth-order valence-corrected chi connectivity index (χ4v) is 2.02. The van der Waals surface area contributed by atoms with Crippen molar-refractivity contribution < 1.29 is 19.1 Å². The van der Waals surface area contributed by atoms with E-state index in [9.17, 15) is 9.59 Å². The summed E-state index contributed by atoms with van der Waals surface area (Å²) in [5, 5.41) is 0. The lowest BCUT2D eigenvalue weighted by Gasteiger charge is -2.10. The van der Waals surface area contributed by atoms with Gasteiger partial charge in [-0.05, 0) is 18.6 Å². The molecule has 22 heavy (non-hydrogen) atoms. The Hall–Kier alpha value is -2.62. The minimum atomic E-state index is -0.448. The smallest absolute Gasteiger partial charge is 0.311 e. The summed E-state index contributed by atoms with van der Waals surface area (Å²) in [5.41, 5.74) is 1.81. The van der Waals surface area contributed by atoms with E-state index in [0.717, 1.165) is 11.1 Å². The summed E-state index contributed by atoms with van der Waals surface area (Å²) in [6.45, 7) is 2.04. The molecule has 0 radical (unpaired) electrons. The Morgan fingerprint density at radius 3 is 2.23 bits per heavy atom. The van der Waals surface area contributed by atoms with E-state index in [4.69, 9.17) is 9.47 Å². The van der Waals surface area contributed by atoms with E-state index in [0.29, 0.717) is 12.4 Å². The van der Waals surface area contributed by atoms with Crippen LogP contribution in [0, 0.1) is 0 Å². The predicted octanol–water partition coefficient (Wildman–Crippen LogP) is 3.60. The third-order valence-corrected chi connectivity index (χ3v) is 3.03. The molecule has 4 nitrogen and oxygen atoms in total. The summed E-state index contributed by atoms with van der Waals surface area (Å²) < 4.78 is 10.2. The first-order valence-electron chi connectivity index (χ1n) is 7.21.